The fourth-order valence-corrected chi connectivity index (χ4v) is 5.77. The van der Waals surface area contributed by atoms with Gasteiger partial charge in [0, 0.05) is 27.1 Å². The van der Waals surface area contributed by atoms with E-state index in [1.807, 2.05) is 0 Å². The number of nitrogens with one attached hydrogen (secondary N) is 2. The van der Waals surface area contributed by atoms with Crippen molar-refractivity contribution in [2.24, 2.45) is 0 Å². The minimum Gasteiger partial charge on any atom is -0.323 e. The van der Waals surface area contributed by atoms with Crippen molar-refractivity contribution in [3.63, 3.8) is 0 Å². The summed E-state index contributed by atoms with van der Waals surface area (Å²) in [5.74, 6) is -0.397. The fourth-order valence-electron chi connectivity index (χ4n) is 3.33. The third kappa shape index (κ3) is 3.85. The summed E-state index contributed by atoms with van der Waals surface area (Å²) in [5, 5.41) is 27.5. The van der Waals surface area contributed by atoms with Crippen molar-refractivity contribution < 1.29 is 9.72 Å². The maximum absolute atomic E-state index is 12.6. The van der Waals surface area contributed by atoms with Crippen molar-refractivity contribution in [2.45, 2.75) is 25.7 Å². The van der Waals surface area contributed by atoms with Gasteiger partial charge in [0.05, 0.1) is 15.4 Å². The van der Waals surface area contributed by atoms with Gasteiger partial charge in [-0.1, -0.05) is 0 Å². The lowest BCUT2D eigenvalue weighted by Crippen LogP contribution is -2.33. The second kappa shape index (κ2) is 7.87. The SMILES string of the molecule is N#Cc1c(NC(=S)NC(=O)c2cc3cc([N+](=O)[O-])ccc3s2)sc2c1CCCC2. The summed E-state index contributed by atoms with van der Waals surface area (Å²) < 4.78 is 0.775. The molecule has 0 aliphatic heterocycles. The van der Waals surface area contributed by atoms with Crippen LogP contribution in [-0.2, 0) is 12.8 Å². The minimum absolute atomic E-state index is 0.0230. The summed E-state index contributed by atoms with van der Waals surface area (Å²) in [4.78, 5) is 24.6. The lowest BCUT2D eigenvalue weighted by Gasteiger charge is -2.09. The molecule has 29 heavy (non-hydrogen) atoms. The quantitative estimate of drug-likeness (QED) is 0.344. The lowest BCUT2D eigenvalue weighted by atomic mass is 9.96. The maximum Gasteiger partial charge on any atom is 0.270 e. The molecular weight excluding hydrogens is 428 g/mol. The van der Waals surface area contributed by atoms with Crippen LogP contribution in [0.1, 0.15) is 38.5 Å². The average Bonchev–Trinajstić information content (AvgIpc) is 3.27. The molecule has 0 saturated carbocycles. The number of thiophene rings is 2. The summed E-state index contributed by atoms with van der Waals surface area (Å²) in [5.41, 5.74) is 1.67. The van der Waals surface area contributed by atoms with Gasteiger partial charge in [0.15, 0.2) is 5.11 Å². The molecule has 2 N–H and O–H groups in total. The molecule has 7 nitrogen and oxygen atoms in total. The van der Waals surface area contributed by atoms with Crippen molar-refractivity contribution in [2.75, 3.05) is 5.32 Å². The van der Waals surface area contributed by atoms with E-state index in [0.29, 0.717) is 20.8 Å². The van der Waals surface area contributed by atoms with Gasteiger partial charge >= 0.3 is 0 Å². The van der Waals surface area contributed by atoms with Gasteiger partial charge in [-0.3, -0.25) is 20.2 Å². The van der Waals surface area contributed by atoms with E-state index < -0.39 is 10.8 Å². The predicted octanol–water partition coefficient (Wildman–Crippen LogP) is 4.75. The van der Waals surface area contributed by atoms with Crippen LogP contribution in [0.3, 0.4) is 0 Å². The first-order valence-corrected chi connectivity index (χ1v) is 10.9. The summed E-state index contributed by atoms with van der Waals surface area (Å²) in [6.07, 6.45) is 4.04. The summed E-state index contributed by atoms with van der Waals surface area (Å²) >= 11 is 8.01. The largest absolute Gasteiger partial charge is 0.323 e. The van der Waals surface area contributed by atoms with Crippen LogP contribution >= 0.6 is 34.9 Å². The number of hydrogen-bond acceptors (Lipinski definition) is 7. The van der Waals surface area contributed by atoms with Crippen molar-refractivity contribution >= 4 is 66.7 Å². The van der Waals surface area contributed by atoms with Crippen LogP contribution in [0.15, 0.2) is 24.3 Å². The standard InChI is InChI=1S/C19H14N4O3S3/c20-9-13-12-3-1-2-4-15(12)29-18(13)22-19(27)21-17(24)16-8-10-7-11(23(25)26)5-6-14(10)28-16/h5-8H,1-4H2,(H2,21,22,24,27). The number of carbonyl (C=O) groups excluding carboxylic acids is 1. The Balaban J connectivity index is 1.50. The molecule has 0 spiro atoms. The molecule has 2 heterocycles. The number of anilines is 1. The number of aryl methyl sites for hydroxylation is 1. The highest BCUT2D eigenvalue weighted by atomic mass is 32.1. The van der Waals surface area contributed by atoms with Gasteiger partial charge in [0.2, 0.25) is 0 Å². The molecule has 0 bridgehead atoms. The lowest BCUT2D eigenvalue weighted by molar-refractivity contribution is -0.384. The summed E-state index contributed by atoms with van der Waals surface area (Å²) in [7, 11) is 0. The molecule has 10 heteroatoms. The Morgan fingerprint density at radius 3 is 2.79 bits per heavy atom. The zero-order valence-corrected chi connectivity index (χ0v) is 17.4. The fraction of sp³-hybridized carbons (Fsp3) is 0.211. The van der Waals surface area contributed by atoms with Crippen LogP contribution in [0.2, 0.25) is 0 Å². The number of nitro groups is 1. The normalized spacial score (nSPS) is 12.8. The van der Waals surface area contributed by atoms with E-state index in [9.17, 15) is 20.2 Å². The van der Waals surface area contributed by atoms with Crippen LogP contribution in [-0.4, -0.2) is 15.9 Å². The molecule has 0 atom stereocenters. The zero-order chi connectivity index (χ0) is 20.5. The van der Waals surface area contributed by atoms with Crippen LogP contribution < -0.4 is 10.6 Å². The van der Waals surface area contributed by atoms with Gasteiger partial charge in [0.25, 0.3) is 11.6 Å². The van der Waals surface area contributed by atoms with Crippen LogP contribution in [0, 0.1) is 21.4 Å². The number of nitrogens with zero attached hydrogens (tertiary/aromatic N) is 2. The number of nitriles is 1. The van der Waals surface area contributed by atoms with Gasteiger partial charge in [-0.2, -0.15) is 5.26 Å². The van der Waals surface area contributed by atoms with E-state index in [0.717, 1.165) is 35.9 Å². The van der Waals surface area contributed by atoms with Gasteiger partial charge in [-0.25, -0.2) is 0 Å². The van der Waals surface area contributed by atoms with Gasteiger partial charge < -0.3 is 5.32 Å². The average molecular weight is 443 g/mol. The number of benzene rings is 1. The maximum atomic E-state index is 12.6. The number of fused-ring (bicyclic) bond motifs is 2. The monoisotopic (exact) mass is 442 g/mol. The van der Waals surface area contributed by atoms with E-state index in [4.69, 9.17) is 12.2 Å². The summed E-state index contributed by atoms with van der Waals surface area (Å²) in [6, 6.07) is 8.33. The minimum atomic E-state index is -0.469. The Morgan fingerprint density at radius 2 is 2.03 bits per heavy atom. The number of nitro benzene ring substituents is 1. The second-order valence-corrected chi connectivity index (χ2v) is 9.12. The Morgan fingerprint density at radius 1 is 1.24 bits per heavy atom. The third-order valence-electron chi connectivity index (χ3n) is 4.67. The number of amides is 1. The van der Waals surface area contributed by atoms with E-state index in [-0.39, 0.29) is 10.8 Å². The highest BCUT2D eigenvalue weighted by Crippen LogP contribution is 2.37. The molecule has 4 rings (SSSR count). The first-order chi connectivity index (χ1) is 14.0. The first-order valence-electron chi connectivity index (χ1n) is 8.81. The second-order valence-electron chi connectivity index (χ2n) is 6.52. The molecule has 0 unspecified atom stereocenters. The van der Waals surface area contributed by atoms with E-state index in [1.54, 1.807) is 12.1 Å². The molecule has 0 radical (unpaired) electrons. The van der Waals surface area contributed by atoms with Crippen LogP contribution in [0.4, 0.5) is 10.7 Å². The smallest absolute Gasteiger partial charge is 0.270 e. The van der Waals surface area contributed by atoms with Gasteiger partial charge in [-0.05, 0) is 55.6 Å². The highest BCUT2D eigenvalue weighted by Gasteiger charge is 2.22. The Labute approximate surface area is 179 Å². The Kier molecular flexibility index (Phi) is 5.27. The molecule has 1 aliphatic rings. The molecule has 1 amide bonds. The van der Waals surface area contributed by atoms with Crippen molar-refractivity contribution in [3.05, 3.63) is 55.3 Å². The topological polar surface area (TPSA) is 108 Å². The molecule has 0 fully saturated rings. The number of rotatable bonds is 3. The van der Waals surface area contributed by atoms with Crippen molar-refractivity contribution in [1.29, 1.82) is 5.26 Å². The van der Waals surface area contributed by atoms with Crippen LogP contribution in [0.5, 0.6) is 0 Å². The van der Waals surface area contributed by atoms with Crippen molar-refractivity contribution in [1.82, 2.24) is 5.32 Å². The predicted molar refractivity (Wildman–Crippen MR) is 118 cm³/mol. The van der Waals surface area contributed by atoms with E-state index in [1.165, 1.54) is 39.7 Å². The van der Waals surface area contributed by atoms with E-state index >= 15 is 0 Å². The molecule has 0 saturated heterocycles. The van der Waals surface area contributed by atoms with Gasteiger partial charge in [0.1, 0.15) is 11.1 Å². The summed E-state index contributed by atoms with van der Waals surface area (Å²) in [6.45, 7) is 0. The van der Waals surface area contributed by atoms with Gasteiger partial charge in [-0.15, -0.1) is 22.7 Å². The first kappa shape index (κ1) is 19.4. The number of thiocarbonyl (C=S) groups is 1. The number of non-ortho nitro benzene ring substituents is 1. The van der Waals surface area contributed by atoms with Crippen LogP contribution in [0.25, 0.3) is 10.1 Å². The number of hydrogen-bond donors (Lipinski definition) is 2. The van der Waals surface area contributed by atoms with E-state index in [2.05, 4.69) is 16.7 Å². The third-order valence-corrected chi connectivity index (χ3v) is 7.20. The number of carbonyl (C=O) groups is 1. The Bertz CT molecular complexity index is 1210. The van der Waals surface area contributed by atoms with Crippen molar-refractivity contribution in [3.8, 4) is 6.07 Å². The molecule has 1 aliphatic carbocycles. The molecule has 146 valence electrons. The molecule has 2 aromatic heterocycles. The molecular formula is C19H14N4O3S3. The molecule has 1 aromatic carbocycles. The Hall–Kier alpha value is -2.87. The molecule has 3 aromatic rings. The zero-order valence-electron chi connectivity index (χ0n) is 15.0. The highest BCUT2D eigenvalue weighted by molar-refractivity contribution is 7.80.